The number of carbonyl (C=O) groups is 6. The van der Waals surface area contributed by atoms with E-state index < -0.39 is 11.9 Å². The van der Waals surface area contributed by atoms with Crippen LogP contribution in [0.25, 0.3) is 43.9 Å². The standard InChI is InChI=1S/C57H79N11O14S/c1-66(2)40-10-13-44-48(36-40)82-49-37-41(67(3)4)11-14-45(49)53(44)43-12-9-39(35-46(43)56(73)74)54(72)61-17-15-52(71)68(22-26-79-30-34-81-33-29-78-25-20-62-65-58)21-16-51(70)60-19-24-77-28-32-80-31-27-76-23-18-59-50(69)8-6-5-7-42-38-47-55(83-42)64-57(75)63-47/h9-14,35-37,42,47,55H,5-8,15-34,38H2,1-4H3,(H5-,59,60,61,63,64,69,70,72,73,74,75)/p+1. The maximum absolute atomic E-state index is 13.6. The van der Waals surface area contributed by atoms with Crippen LogP contribution in [-0.2, 0) is 42.8 Å². The number of fused-ring (bicyclic) bond motifs is 3. The maximum atomic E-state index is 13.6. The van der Waals surface area contributed by atoms with Crippen LogP contribution in [0.3, 0.4) is 0 Å². The van der Waals surface area contributed by atoms with Gasteiger partial charge in [0, 0.05) is 123 Å². The van der Waals surface area contributed by atoms with Gasteiger partial charge < -0.3 is 74.3 Å². The Labute approximate surface area is 487 Å². The zero-order valence-electron chi connectivity index (χ0n) is 48.0. The monoisotopic (exact) mass is 1170 g/mol. The van der Waals surface area contributed by atoms with E-state index in [0.717, 1.165) is 36.7 Å². The highest BCUT2D eigenvalue weighted by Gasteiger charge is 2.41. The molecular formula is C57H80N11O14S+. The molecule has 3 unspecified atom stereocenters. The predicted octanol–water partition coefficient (Wildman–Crippen LogP) is 4.05. The van der Waals surface area contributed by atoms with E-state index in [9.17, 15) is 33.9 Å². The van der Waals surface area contributed by atoms with Crippen molar-refractivity contribution in [3.8, 4) is 22.5 Å². The molecule has 0 saturated carbocycles. The third-order valence-corrected chi connectivity index (χ3v) is 15.2. The Morgan fingerprint density at radius 3 is 2.05 bits per heavy atom. The molecule has 0 bridgehead atoms. The van der Waals surface area contributed by atoms with Crippen LogP contribution in [0, 0.1) is 0 Å². The van der Waals surface area contributed by atoms with Crippen molar-refractivity contribution in [2.24, 2.45) is 5.11 Å². The molecule has 0 spiro atoms. The smallest absolute Gasteiger partial charge is 0.336 e. The molecule has 6 rings (SSSR count). The van der Waals surface area contributed by atoms with E-state index in [-0.39, 0.29) is 125 Å². The Morgan fingerprint density at radius 2 is 1.40 bits per heavy atom. The molecule has 2 saturated heterocycles. The molecule has 25 nitrogen and oxygen atoms in total. The van der Waals surface area contributed by atoms with E-state index in [1.54, 1.807) is 23.9 Å². The zero-order valence-corrected chi connectivity index (χ0v) is 48.8. The third-order valence-electron chi connectivity index (χ3n) is 13.6. The number of anilines is 1. The molecule has 83 heavy (non-hydrogen) atoms. The fraction of sp³-hybridized carbons (Fsp3) is 0.561. The van der Waals surface area contributed by atoms with Gasteiger partial charge in [-0.05, 0) is 60.7 Å². The molecule has 6 amide bonds. The Balaban J connectivity index is 0.898. The van der Waals surface area contributed by atoms with Gasteiger partial charge in [0.25, 0.3) is 5.91 Å². The summed E-state index contributed by atoms with van der Waals surface area (Å²) >= 11 is 1.80. The van der Waals surface area contributed by atoms with Gasteiger partial charge in [-0.2, -0.15) is 0 Å². The summed E-state index contributed by atoms with van der Waals surface area (Å²) in [5.41, 5.74) is 11.6. The highest BCUT2D eigenvalue weighted by atomic mass is 32.2. The first-order valence-corrected chi connectivity index (χ1v) is 29.0. The van der Waals surface area contributed by atoms with Crippen molar-refractivity contribution >= 4 is 64.0 Å². The molecule has 3 atom stereocenters. The average Bonchev–Trinajstić information content (AvgIpc) is 4.12. The lowest BCUT2D eigenvalue weighted by Crippen LogP contribution is -2.39. The highest BCUT2D eigenvalue weighted by Crippen LogP contribution is 2.42. The molecule has 452 valence electrons. The summed E-state index contributed by atoms with van der Waals surface area (Å²) in [5.74, 6) is -1.87. The number of nitrogens with one attached hydrogen (secondary N) is 5. The van der Waals surface area contributed by atoms with Crippen LogP contribution in [0.2, 0.25) is 0 Å². The first-order chi connectivity index (χ1) is 40.2. The quantitative estimate of drug-likeness (QED) is 0.00917. The minimum absolute atomic E-state index is 0.000404. The second-order valence-electron chi connectivity index (χ2n) is 20.0. The van der Waals surface area contributed by atoms with Crippen molar-refractivity contribution in [3.05, 3.63) is 81.5 Å². The highest BCUT2D eigenvalue weighted by molar-refractivity contribution is 8.00. The normalized spacial score (nSPS) is 15.3. The number of carbonyl (C=O) groups excluding carboxylic acids is 5. The van der Waals surface area contributed by atoms with Gasteiger partial charge in [0.15, 0.2) is 0 Å². The molecule has 6 N–H and O–H groups in total. The number of ether oxygens (including phenoxy) is 6. The molecule has 1 aliphatic carbocycles. The van der Waals surface area contributed by atoms with E-state index >= 15 is 0 Å². The first-order valence-electron chi connectivity index (χ1n) is 28.1. The number of hydrogen-bond acceptors (Lipinski definition) is 16. The molecule has 26 heteroatoms. The Kier molecular flexibility index (Phi) is 27.6. The van der Waals surface area contributed by atoms with Gasteiger partial charge in [-0.1, -0.05) is 17.6 Å². The van der Waals surface area contributed by atoms with Crippen LogP contribution in [0.5, 0.6) is 0 Å². The lowest BCUT2D eigenvalue weighted by Gasteiger charge is -2.23. The zero-order chi connectivity index (χ0) is 59.3. The fourth-order valence-corrected chi connectivity index (χ4v) is 10.8. The second-order valence-corrected chi connectivity index (χ2v) is 21.5. The van der Waals surface area contributed by atoms with Crippen molar-refractivity contribution in [2.75, 3.05) is 152 Å². The Bertz CT molecular complexity index is 2860. The number of unbranched alkanes of at least 4 members (excludes halogenated alkanes) is 1. The number of azide groups is 1. The molecule has 0 radical (unpaired) electrons. The van der Waals surface area contributed by atoms with Crippen LogP contribution >= 0.6 is 11.8 Å². The summed E-state index contributed by atoms with van der Waals surface area (Å²) in [7, 11) is 7.68. The van der Waals surface area contributed by atoms with Gasteiger partial charge in [-0.3, -0.25) is 19.2 Å². The molecule has 2 aromatic rings. The molecule has 3 heterocycles. The van der Waals surface area contributed by atoms with Gasteiger partial charge >= 0.3 is 12.0 Å². The number of amides is 6. The van der Waals surface area contributed by atoms with E-state index in [1.807, 2.05) is 74.1 Å². The van der Waals surface area contributed by atoms with Gasteiger partial charge in [0.1, 0.15) is 25.4 Å². The SMILES string of the molecule is CN(C)c1ccc2c(-c3ccc(C(=O)NCCC(=O)N(CCOCCOCCOCCN=[N+]=[N-])CCC(=O)NCCOCCOCCOCCNC(=O)CCCCC4CC5NC(=O)NC5S4)cc3C(=O)O)c3ccc(=[N+](C)C)cc-3oc2c1. The molecule has 2 aromatic carbocycles. The van der Waals surface area contributed by atoms with Crippen LogP contribution in [0.15, 0.2) is 64.1 Å². The summed E-state index contributed by atoms with van der Waals surface area (Å²) in [4.78, 5) is 82.8. The van der Waals surface area contributed by atoms with E-state index in [2.05, 4.69) is 36.6 Å². The first kappa shape index (κ1) is 65.1. The largest absolute Gasteiger partial charge is 0.478 e. The van der Waals surface area contributed by atoms with Crippen molar-refractivity contribution in [1.29, 1.82) is 0 Å². The third kappa shape index (κ3) is 21.6. The lowest BCUT2D eigenvalue weighted by molar-refractivity contribution is -0.132. The van der Waals surface area contributed by atoms with E-state index in [1.165, 1.54) is 11.0 Å². The maximum Gasteiger partial charge on any atom is 0.336 e. The van der Waals surface area contributed by atoms with Crippen LogP contribution in [-0.4, -0.2) is 209 Å². The molecule has 0 aromatic heterocycles. The van der Waals surface area contributed by atoms with E-state index in [4.69, 9.17) is 38.4 Å². The van der Waals surface area contributed by atoms with Gasteiger partial charge in [-0.25, -0.2) is 14.2 Å². The Morgan fingerprint density at radius 1 is 0.747 bits per heavy atom. The second kappa shape index (κ2) is 35.2. The number of nitrogens with zero attached hydrogens (tertiary/aromatic N) is 6. The predicted molar refractivity (Wildman–Crippen MR) is 313 cm³/mol. The minimum atomic E-state index is -1.23. The van der Waals surface area contributed by atoms with Crippen LogP contribution < -0.4 is 41.4 Å². The number of aromatic carboxylic acids is 1. The van der Waals surface area contributed by atoms with Crippen molar-refractivity contribution in [1.82, 2.24) is 36.1 Å². The minimum Gasteiger partial charge on any atom is -0.478 e. The number of carboxylic acid groups (broad SMARTS) is 1. The summed E-state index contributed by atoms with van der Waals surface area (Å²) < 4.78 is 41.6. The van der Waals surface area contributed by atoms with Crippen molar-refractivity contribution < 1.29 is 66.7 Å². The number of hydrogen-bond donors (Lipinski definition) is 6. The molecule has 4 aliphatic rings. The molecule has 2 fully saturated rings. The number of urea groups is 1. The Hall–Kier alpha value is -7.03. The lowest BCUT2D eigenvalue weighted by atomic mass is 9.89. The van der Waals surface area contributed by atoms with Crippen LogP contribution in [0.4, 0.5) is 10.5 Å². The average molecular weight is 1180 g/mol. The molecule has 3 aliphatic heterocycles. The van der Waals surface area contributed by atoms with E-state index in [0.29, 0.717) is 97.9 Å². The summed E-state index contributed by atoms with van der Waals surface area (Å²) in [6.45, 7) is 4.58. The van der Waals surface area contributed by atoms with Gasteiger partial charge in [0.05, 0.1) is 102 Å². The summed E-state index contributed by atoms with van der Waals surface area (Å²) in [6.07, 6.45) is 4.11. The number of carboxylic acids is 1. The summed E-state index contributed by atoms with van der Waals surface area (Å²) in [6, 6.07) is 16.1. The van der Waals surface area contributed by atoms with Gasteiger partial charge in [0.2, 0.25) is 23.1 Å². The summed E-state index contributed by atoms with van der Waals surface area (Å²) in [5, 5.41) is 30.6. The van der Waals surface area contributed by atoms with Crippen molar-refractivity contribution in [3.63, 3.8) is 0 Å². The number of benzene rings is 3. The number of thioether (sulfide) groups is 1. The van der Waals surface area contributed by atoms with Gasteiger partial charge in [-0.15, -0.1) is 11.8 Å². The molecular weight excluding hydrogens is 1090 g/mol. The fourth-order valence-electron chi connectivity index (χ4n) is 9.26. The number of rotatable bonds is 39. The van der Waals surface area contributed by atoms with Crippen molar-refractivity contribution in [2.45, 2.75) is 61.6 Å². The topological polar surface area (TPSA) is 310 Å². The van der Waals surface area contributed by atoms with Crippen LogP contribution in [0.1, 0.15) is 65.7 Å².